The van der Waals surface area contributed by atoms with Crippen molar-refractivity contribution in [3.05, 3.63) is 34.6 Å². The number of nitrogens with one attached hydrogen (secondary N) is 1. The first-order chi connectivity index (χ1) is 9.54. The lowest BCUT2D eigenvalue weighted by molar-refractivity contribution is 0.170. The highest BCUT2D eigenvalue weighted by Gasteiger charge is 2.32. The SMILES string of the molecule is CCNC(c1cccc(Cl)c1F)C1CCC(C)C(C)C1. The minimum atomic E-state index is -0.258. The predicted octanol–water partition coefficient (Wildman–Crippen LogP) is 5.20. The largest absolute Gasteiger partial charge is 0.310 e. The van der Waals surface area contributed by atoms with Gasteiger partial charge in [0.1, 0.15) is 5.82 Å². The molecule has 1 fully saturated rings. The number of halogens is 2. The molecule has 3 heteroatoms. The van der Waals surface area contributed by atoms with E-state index >= 15 is 0 Å². The van der Waals surface area contributed by atoms with Crippen molar-refractivity contribution in [2.24, 2.45) is 17.8 Å². The minimum Gasteiger partial charge on any atom is -0.310 e. The average Bonchev–Trinajstić information content (AvgIpc) is 2.43. The van der Waals surface area contributed by atoms with Crippen LogP contribution in [0.3, 0.4) is 0 Å². The van der Waals surface area contributed by atoms with Gasteiger partial charge >= 0.3 is 0 Å². The summed E-state index contributed by atoms with van der Waals surface area (Å²) >= 11 is 5.95. The van der Waals surface area contributed by atoms with Crippen LogP contribution in [0.15, 0.2) is 18.2 Å². The molecular formula is C17H25ClFN. The molecule has 1 nitrogen and oxygen atoms in total. The summed E-state index contributed by atoms with van der Waals surface area (Å²) < 4.78 is 14.3. The summed E-state index contributed by atoms with van der Waals surface area (Å²) in [4.78, 5) is 0. The maximum absolute atomic E-state index is 14.3. The standard InChI is InChI=1S/C17H25ClFN/c1-4-20-17(13-9-8-11(2)12(3)10-13)14-6-5-7-15(18)16(14)19/h5-7,11-13,17,20H,4,8-10H2,1-3H3. The van der Waals surface area contributed by atoms with Crippen LogP contribution in [0.1, 0.15) is 51.6 Å². The zero-order valence-electron chi connectivity index (χ0n) is 12.6. The Morgan fingerprint density at radius 1 is 1.30 bits per heavy atom. The molecule has 0 aromatic heterocycles. The van der Waals surface area contributed by atoms with Crippen molar-refractivity contribution >= 4 is 11.6 Å². The van der Waals surface area contributed by atoms with Crippen LogP contribution >= 0.6 is 11.6 Å². The molecule has 1 saturated carbocycles. The molecule has 1 aliphatic carbocycles. The zero-order chi connectivity index (χ0) is 14.7. The van der Waals surface area contributed by atoms with Gasteiger partial charge in [-0.1, -0.05) is 50.9 Å². The molecule has 0 aliphatic heterocycles. The molecule has 1 N–H and O–H groups in total. The second-order valence-corrected chi connectivity index (χ2v) is 6.61. The van der Waals surface area contributed by atoms with Gasteiger partial charge in [-0.05, 0) is 43.2 Å². The van der Waals surface area contributed by atoms with E-state index < -0.39 is 0 Å². The Bertz CT molecular complexity index is 449. The Morgan fingerprint density at radius 3 is 2.70 bits per heavy atom. The van der Waals surface area contributed by atoms with Crippen molar-refractivity contribution in [2.45, 2.75) is 46.1 Å². The van der Waals surface area contributed by atoms with Crippen LogP contribution in [0.5, 0.6) is 0 Å². The molecule has 0 bridgehead atoms. The van der Waals surface area contributed by atoms with Crippen LogP contribution < -0.4 is 5.32 Å². The van der Waals surface area contributed by atoms with Gasteiger partial charge in [-0.2, -0.15) is 0 Å². The van der Waals surface area contributed by atoms with E-state index in [1.165, 1.54) is 6.42 Å². The topological polar surface area (TPSA) is 12.0 Å². The fourth-order valence-electron chi connectivity index (χ4n) is 3.40. The van der Waals surface area contributed by atoms with Crippen LogP contribution in [0, 0.1) is 23.6 Å². The highest BCUT2D eigenvalue weighted by atomic mass is 35.5. The first kappa shape index (κ1) is 15.8. The predicted molar refractivity (Wildman–Crippen MR) is 83.5 cm³/mol. The molecule has 4 atom stereocenters. The summed E-state index contributed by atoms with van der Waals surface area (Å²) in [5.41, 5.74) is 0.728. The van der Waals surface area contributed by atoms with Crippen LogP contribution in [-0.2, 0) is 0 Å². The van der Waals surface area contributed by atoms with Crippen molar-refractivity contribution in [1.29, 1.82) is 0 Å². The molecule has 4 unspecified atom stereocenters. The molecule has 0 spiro atoms. The van der Waals surface area contributed by atoms with E-state index in [0.29, 0.717) is 11.8 Å². The molecule has 2 rings (SSSR count). The van der Waals surface area contributed by atoms with Crippen LogP contribution in [0.4, 0.5) is 4.39 Å². The van der Waals surface area contributed by atoms with Gasteiger partial charge in [0.2, 0.25) is 0 Å². The Balaban J connectivity index is 2.24. The van der Waals surface area contributed by atoms with E-state index in [9.17, 15) is 4.39 Å². The van der Waals surface area contributed by atoms with Gasteiger partial charge in [0.15, 0.2) is 0 Å². The third kappa shape index (κ3) is 3.35. The molecule has 1 aromatic carbocycles. The average molecular weight is 298 g/mol. The molecule has 112 valence electrons. The van der Waals surface area contributed by atoms with Crippen LogP contribution in [0.25, 0.3) is 0 Å². The highest BCUT2D eigenvalue weighted by molar-refractivity contribution is 6.30. The van der Waals surface area contributed by atoms with E-state index in [2.05, 4.69) is 26.1 Å². The van der Waals surface area contributed by atoms with Crippen molar-refractivity contribution in [3.8, 4) is 0 Å². The Kier molecular flexibility index (Phi) is 5.45. The Labute approximate surface area is 126 Å². The second-order valence-electron chi connectivity index (χ2n) is 6.21. The van der Waals surface area contributed by atoms with Gasteiger partial charge in [-0.25, -0.2) is 4.39 Å². The van der Waals surface area contributed by atoms with Gasteiger partial charge in [0.25, 0.3) is 0 Å². The molecule has 0 amide bonds. The molecular weight excluding hydrogens is 273 g/mol. The third-order valence-electron chi connectivity index (χ3n) is 4.85. The van der Waals surface area contributed by atoms with Crippen molar-refractivity contribution in [3.63, 3.8) is 0 Å². The van der Waals surface area contributed by atoms with Crippen molar-refractivity contribution in [2.75, 3.05) is 6.54 Å². The molecule has 1 aromatic rings. The quantitative estimate of drug-likeness (QED) is 0.805. The van der Waals surface area contributed by atoms with Crippen molar-refractivity contribution < 1.29 is 4.39 Å². The summed E-state index contributed by atoms with van der Waals surface area (Å²) in [6.07, 6.45) is 3.55. The smallest absolute Gasteiger partial charge is 0.146 e. The summed E-state index contributed by atoms with van der Waals surface area (Å²) in [5.74, 6) is 1.72. The maximum Gasteiger partial charge on any atom is 0.146 e. The van der Waals surface area contributed by atoms with Crippen molar-refractivity contribution in [1.82, 2.24) is 5.32 Å². The van der Waals surface area contributed by atoms with E-state index in [1.807, 2.05) is 12.1 Å². The summed E-state index contributed by atoms with van der Waals surface area (Å²) in [6, 6.07) is 5.42. The molecule has 0 saturated heterocycles. The third-order valence-corrected chi connectivity index (χ3v) is 5.14. The first-order valence-corrected chi connectivity index (χ1v) is 8.09. The lowest BCUT2D eigenvalue weighted by Crippen LogP contribution is -2.33. The zero-order valence-corrected chi connectivity index (χ0v) is 13.4. The lowest BCUT2D eigenvalue weighted by atomic mass is 9.72. The summed E-state index contributed by atoms with van der Waals surface area (Å²) in [5, 5.41) is 3.70. The monoisotopic (exact) mass is 297 g/mol. The normalized spacial score (nSPS) is 28.4. The summed E-state index contributed by atoms with van der Waals surface area (Å²) in [6.45, 7) is 7.55. The second kappa shape index (κ2) is 6.91. The molecule has 0 heterocycles. The maximum atomic E-state index is 14.3. The van der Waals surface area contributed by atoms with E-state index in [-0.39, 0.29) is 16.9 Å². The number of hydrogen-bond acceptors (Lipinski definition) is 1. The molecule has 0 radical (unpaired) electrons. The van der Waals surface area contributed by atoms with Gasteiger partial charge in [-0.15, -0.1) is 0 Å². The minimum absolute atomic E-state index is 0.0775. The van der Waals surface area contributed by atoms with Gasteiger partial charge in [0.05, 0.1) is 5.02 Å². The fourth-order valence-corrected chi connectivity index (χ4v) is 3.58. The number of hydrogen-bond donors (Lipinski definition) is 1. The van der Waals surface area contributed by atoms with E-state index in [4.69, 9.17) is 11.6 Å². The van der Waals surface area contributed by atoms with Gasteiger partial charge in [0, 0.05) is 11.6 Å². The highest BCUT2D eigenvalue weighted by Crippen LogP contribution is 2.41. The number of rotatable bonds is 4. The number of benzene rings is 1. The Hall–Kier alpha value is -0.600. The van der Waals surface area contributed by atoms with Crippen LogP contribution in [-0.4, -0.2) is 6.54 Å². The molecule has 1 aliphatic rings. The lowest BCUT2D eigenvalue weighted by Gasteiger charge is -2.37. The van der Waals surface area contributed by atoms with Gasteiger partial charge < -0.3 is 5.32 Å². The summed E-state index contributed by atoms with van der Waals surface area (Å²) in [7, 11) is 0. The Morgan fingerprint density at radius 2 is 2.05 bits per heavy atom. The molecule has 20 heavy (non-hydrogen) atoms. The van der Waals surface area contributed by atoms with Gasteiger partial charge in [-0.3, -0.25) is 0 Å². The van der Waals surface area contributed by atoms with E-state index in [1.54, 1.807) is 6.07 Å². The first-order valence-electron chi connectivity index (χ1n) is 7.71. The fraction of sp³-hybridized carbons (Fsp3) is 0.647. The van der Waals surface area contributed by atoms with Crippen LogP contribution in [0.2, 0.25) is 5.02 Å². The van der Waals surface area contributed by atoms with E-state index in [0.717, 1.165) is 30.9 Å².